The van der Waals surface area contributed by atoms with E-state index in [0.29, 0.717) is 18.1 Å². The van der Waals surface area contributed by atoms with Crippen molar-refractivity contribution in [2.24, 2.45) is 5.73 Å². The molecule has 0 radical (unpaired) electrons. The zero-order chi connectivity index (χ0) is 18.4. The molecular weight excluding hydrogens is 354 g/mol. The first-order valence-corrected chi connectivity index (χ1v) is 10.1. The zero-order valence-electron chi connectivity index (χ0n) is 14.4. The monoisotopic (exact) mass is 375 g/mol. The van der Waals surface area contributed by atoms with Crippen LogP contribution in [0.3, 0.4) is 0 Å². The molecule has 0 spiro atoms. The molecule has 3 unspecified atom stereocenters. The van der Waals surface area contributed by atoms with Crippen LogP contribution in [-0.4, -0.2) is 39.2 Å². The van der Waals surface area contributed by atoms with Crippen LogP contribution in [0.1, 0.15) is 18.4 Å². The second-order valence-corrected chi connectivity index (χ2v) is 8.69. The largest absolute Gasteiger partial charge is 0.454 e. The first-order chi connectivity index (χ1) is 12.5. The van der Waals surface area contributed by atoms with E-state index < -0.39 is 20.6 Å². The molecule has 0 saturated heterocycles. The molecule has 2 aliphatic rings. The average Bonchev–Trinajstić information content (AvgIpc) is 3.03. The van der Waals surface area contributed by atoms with Crippen LogP contribution in [0.2, 0.25) is 0 Å². The summed E-state index contributed by atoms with van der Waals surface area (Å²) in [6, 6.07) is 13.9. The molecule has 1 heterocycles. The molecule has 26 heavy (non-hydrogen) atoms. The van der Waals surface area contributed by atoms with E-state index >= 15 is 0 Å². The third-order valence-corrected chi connectivity index (χ3v) is 7.33. The number of hydrogen-bond donors (Lipinski definition) is 1. The second kappa shape index (κ2) is 6.26. The van der Waals surface area contributed by atoms with Crippen molar-refractivity contribution >= 4 is 9.84 Å². The summed E-state index contributed by atoms with van der Waals surface area (Å²) in [4.78, 5) is 0.277. The summed E-state index contributed by atoms with van der Waals surface area (Å²) in [6.45, 7) is 2.69. The Morgan fingerprint density at radius 3 is 2.62 bits per heavy atom. The summed E-state index contributed by atoms with van der Waals surface area (Å²) >= 11 is 0. The maximum absolute atomic E-state index is 13.2. The Balaban J connectivity index is 1.72. The minimum atomic E-state index is -3.59. The summed E-state index contributed by atoms with van der Waals surface area (Å²) in [5.41, 5.74) is 6.39. The second-order valence-electron chi connectivity index (χ2n) is 6.62. The number of hydrogen-bond acceptors (Lipinski definition) is 6. The highest BCUT2D eigenvalue weighted by molar-refractivity contribution is 7.92. The van der Waals surface area contributed by atoms with Gasteiger partial charge in [-0.1, -0.05) is 24.3 Å². The van der Waals surface area contributed by atoms with Crippen molar-refractivity contribution in [2.75, 3.05) is 20.0 Å². The summed E-state index contributed by atoms with van der Waals surface area (Å²) in [5.74, 6) is 0.905. The Bertz CT molecular complexity index is 915. The van der Waals surface area contributed by atoms with Crippen molar-refractivity contribution in [3.63, 3.8) is 0 Å². The summed E-state index contributed by atoms with van der Waals surface area (Å²) in [7, 11) is -3.59. The maximum atomic E-state index is 13.2. The molecule has 0 bridgehead atoms. The van der Waals surface area contributed by atoms with Crippen LogP contribution in [0.25, 0.3) is 0 Å². The van der Waals surface area contributed by atoms with E-state index in [9.17, 15) is 8.42 Å². The number of ether oxygens (including phenoxy) is 3. The average molecular weight is 375 g/mol. The van der Waals surface area contributed by atoms with E-state index in [-0.39, 0.29) is 24.2 Å². The van der Waals surface area contributed by atoms with Gasteiger partial charge in [-0.2, -0.15) is 0 Å². The van der Waals surface area contributed by atoms with Crippen LogP contribution in [0, 0.1) is 0 Å². The van der Waals surface area contributed by atoms with Crippen LogP contribution in [0.5, 0.6) is 11.5 Å². The first-order valence-electron chi connectivity index (χ1n) is 8.53. The number of fused-ring (bicyclic) bond motifs is 1. The number of benzene rings is 2. The van der Waals surface area contributed by atoms with E-state index in [1.807, 2.05) is 19.1 Å². The van der Waals surface area contributed by atoms with E-state index in [2.05, 4.69) is 0 Å². The minimum Gasteiger partial charge on any atom is -0.454 e. The van der Waals surface area contributed by atoms with Crippen molar-refractivity contribution in [3.8, 4) is 11.5 Å². The van der Waals surface area contributed by atoms with E-state index in [1.165, 1.54) is 0 Å². The first kappa shape index (κ1) is 17.3. The maximum Gasteiger partial charge on any atom is 0.231 e. The normalized spacial score (nSPS) is 26.7. The van der Waals surface area contributed by atoms with Gasteiger partial charge in [-0.05, 0) is 36.8 Å². The van der Waals surface area contributed by atoms with Crippen LogP contribution >= 0.6 is 0 Å². The van der Waals surface area contributed by atoms with Crippen molar-refractivity contribution in [1.82, 2.24) is 0 Å². The highest BCUT2D eigenvalue weighted by Gasteiger charge is 2.69. The summed E-state index contributed by atoms with van der Waals surface area (Å²) in [5, 5.41) is -0.746. The van der Waals surface area contributed by atoms with Crippen LogP contribution in [0.4, 0.5) is 0 Å². The molecule has 6 nitrogen and oxygen atoms in total. The Kier molecular flexibility index (Phi) is 4.17. The molecule has 1 aliphatic heterocycles. The topological polar surface area (TPSA) is 87.8 Å². The summed E-state index contributed by atoms with van der Waals surface area (Å²) in [6.07, 6.45) is 0. The van der Waals surface area contributed by atoms with Crippen LogP contribution in [-0.2, 0) is 14.6 Å². The number of nitrogens with two attached hydrogens (primary N) is 1. The third kappa shape index (κ3) is 2.67. The molecular formula is C19H21NO5S. The lowest BCUT2D eigenvalue weighted by Crippen LogP contribution is -2.36. The molecule has 2 aromatic rings. The smallest absolute Gasteiger partial charge is 0.231 e. The lowest BCUT2D eigenvalue weighted by Gasteiger charge is -2.12. The standard InChI is InChI=1S/C19H21NO5S/c1-2-23-11-19(20)17(13-8-9-15-16(10-13)25-12-24-15)18(19)26(21,22)14-6-4-3-5-7-14/h3-10,17-18H,2,11-12,20H2,1H3. The van der Waals surface area contributed by atoms with Gasteiger partial charge in [0.1, 0.15) is 0 Å². The molecule has 4 rings (SSSR count). The third-order valence-electron chi connectivity index (χ3n) is 5.02. The molecule has 0 aromatic heterocycles. The zero-order valence-corrected chi connectivity index (χ0v) is 15.2. The Morgan fingerprint density at radius 1 is 1.15 bits per heavy atom. The van der Waals surface area contributed by atoms with Gasteiger partial charge in [0.15, 0.2) is 21.3 Å². The Morgan fingerprint density at radius 2 is 1.88 bits per heavy atom. The van der Waals surface area contributed by atoms with Gasteiger partial charge in [0.25, 0.3) is 0 Å². The fourth-order valence-corrected chi connectivity index (χ4v) is 6.00. The molecule has 2 N–H and O–H groups in total. The number of rotatable bonds is 6. The lowest BCUT2D eigenvalue weighted by molar-refractivity contribution is 0.125. The lowest BCUT2D eigenvalue weighted by atomic mass is 10.1. The van der Waals surface area contributed by atoms with Crippen molar-refractivity contribution in [1.29, 1.82) is 0 Å². The molecule has 1 aliphatic carbocycles. The van der Waals surface area contributed by atoms with E-state index in [4.69, 9.17) is 19.9 Å². The highest BCUT2D eigenvalue weighted by atomic mass is 32.2. The van der Waals surface area contributed by atoms with Gasteiger partial charge < -0.3 is 19.9 Å². The predicted molar refractivity (Wildman–Crippen MR) is 96.1 cm³/mol. The Labute approximate surface area is 152 Å². The molecule has 0 amide bonds. The van der Waals surface area contributed by atoms with Gasteiger partial charge in [-0.15, -0.1) is 0 Å². The van der Waals surface area contributed by atoms with Crippen molar-refractivity contribution < 1.29 is 22.6 Å². The minimum absolute atomic E-state index is 0.169. The van der Waals surface area contributed by atoms with Crippen molar-refractivity contribution in [2.45, 2.75) is 28.5 Å². The van der Waals surface area contributed by atoms with Gasteiger partial charge in [0, 0.05) is 12.5 Å². The van der Waals surface area contributed by atoms with Gasteiger partial charge in [0.2, 0.25) is 6.79 Å². The molecule has 1 fully saturated rings. The quantitative estimate of drug-likeness (QED) is 0.832. The van der Waals surface area contributed by atoms with Gasteiger partial charge in [-0.3, -0.25) is 0 Å². The summed E-state index contributed by atoms with van der Waals surface area (Å²) < 4.78 is 42.7. The fourth-order valence-electron chi connectivity index (χ4n) is 3.69. The SMILES string of the molecule is CCOCC1(N)C(c2ccc3c(c2)OCO3)C1S(=O)(=O)c1ccccc1. The van der Waals surface area contributed by atoms with E-state index in [0.717, 1.165) is 5.56 Å². The molecule has 1 saturated carbocycles. The Hall–Kier alpha value is -2.09. The highest BCUT2D eigenvalue weighted by Crippen LogP contribution is 2.56. The molecule has 138 valence electrons. The van der Waals surface area contributed by atoms with Crippen LogP contribution in [0.15, 0.2) is 53.4 Å². The van der Waals surface area contributed by atoms with Gasteiger partial charge >= 0.3 is 0 Å². The molecule has 3 atom stereocenters. The van der Waals surface area contributed by atoms with Gasteiger partial charge in [-0.25, -0.2) is 8.42 Å². The molecule has 7 heteroatoms. The number of sulfone groups is 1. The predicted octanol–water partition coefficient (Wildman–Crippen LogP) is 2.09. The van der Waals surface area contributed by atoms with E-state index in [1.54, 1.807) is 36.4 Å². The molecule has 2 aromatic carbocycles. The van der Waals surface area contributed by atoms with Crippen LogP contribution < -0.4 is 15.2 Å². The van der Waals surface area contributed by atoms with Crippen molar-refractivity contribution in [3.05, 3.63) is 54.1 Å². The fraction of sp³-hybridized carbons (Fsp3) is 0.368. The van der Waals surface area contributed by atoms with Gasteiger partial charge in [0.05, 0.1) is 22.3 Å².